The van der Waals surface area contributed by atoms with Crippen LogP contribution in [0.3, 0.4) is 0 Å². The zero-order valence-electron chi connectivity index (χ0n) is 11.7. The van der Waals surface area contributed by atoms with E-state index in [9.17, 15) is 4.79 Å². The largest absolute Gasteiger partial charge is 0.383 e. The SMILES string of the molecule is CN(C)CC1CCN(C(=O)c2cccnc2N)CC1. The molecular weight excluding hydrogens is 240 g/mol. The highest BCUT2D eigenvalue weighted by molar-refractivity contribution is 5.98. The van der Waals surface area contributed by atoms with E-state index in [2.05, 4.69) is 24.0 Å². The minimum Gasteiger partial charge on any atom is -0.383 e. The Kier molecular flexibility index (Phi) is 4.37. The fraction of sp³-hybridized carbons (Fsp3) is 0.571. The summed E-state index contributed by atoms with van der Waals surface area (Å²) in [5.74, 6) is 1.02. The lowest BCUT2D eigenvalue weighted by Crippen LogP contribution is -2.40. The van der Waals surface area contributed by atoms with Gasteiger partial charge in [-0.25, -0.2) is 4.98 Å². The molecule has 19 heavy (non-hydrogen) atoms. The molecular formula is C14H22N4O. The van der Waals surface area contributed by atoms with Gasteiger partial charge in [0.1, 0.15) is 5.82 Å². The van der Waals surface area contributed by atoms with Crippen LogP contribution < -0.4 is 5.73 Å². The van der Waals surface area contributed by atoms with Crippen LogP contribution in [0.2, 0.25) is 0 Å². The molecule has 0 atom stereocenters. The lowest BCUT2D eigenvalue weighted by molar-refractivity contribution is 0.0679. The molecule has 5 heteroatoms. The standard InChI is InChI=1S/C14H22N4O/c1-17(2)10-11-5-8-18(9-6-11)14(19)12-4-3-7-16-13(12)15/h3-4,7,11H,5-6,8-10H2,1-2H3,(H2,15,16). The highest BCUT2D eigenvalue weighted by atomic mass is 16.2. The predicted molar refractivity (Wildman–Crippen MR) is 75.8 cm³/mol. The van der Waals surface area contributed by atoms with Crippen molar-refractivity contribution in [2.24, 2.45) is 5.92 Å². The maximum absolute atomic E-state index is 12.3. The summed E-state index contributed by atoms with van der Waals surface area (Å²) in [7, 11) is 4.18. The number of amides is 1. The van der Waals surface area contributed by atoms with Gasteiger partial charge < -0.3 is 15.5 Å². The molecule has 1 amide bonds. The highest BCUT2D eigenvalue weighted by Gasteiger charge is 2.24. The van der Waals surface area contributed by atoms with Gasteiger partial charge in [0.15, 0.2) is 0 Å². The van der Waals surface area contributed by atoms with Crippen LogP contribution in [0.25, 0.3) is 0 Å². The average Bonchev–Trinajstić information content (AvgIpc) is 2.39. The Morgan fingerprint density at radius 3 is 2.74 bits per heavy atom. The van der Waals surface area contributed by atoms with Gasteiger partial charge in [0.25, 0.3) is 5.91 Å². The van der Waals surface area contributed by atoms with Gasteiger partial charge in [0, 0.05) is 25.8 Å². The molecule has 2 N–H and O–H groups in total. The molecule has 0 radical (unpaired) electrons. The fourth-order valence-corrected chi connectivity index (χ4v) is 2.60. The van der Waals surface area contributed by atoms with Gasteiger partial charge in [-0.3, -0.25) is 4.79 Å². The van der Waals surface area contributed by atoms with Crippen LogP contribution in [-0.2, 0) is 0 Å². The number of likely N-dealkylation sites (tertiary alicyclic amines) is 1. The van der Waals surface area contributed by atoms with Crippen LogP contribution in [0.4, 0.5) is 5.82 Å². The normalized spacial score (nSPS) is 16.9. The number of hydrogen-bond acceptors (Lipinski definition) is 4. The molecule has 104 valence electrons. The first kappa shape index (κ1) is 13.8. The molecule has 0 aliphatic carbocycles. The van der Waals surface area contributed by atoms with E-state index in [1.165, 1.54) is 0 Å². The number of carbonyl (C=O) groups is 1. The third kappa shape index (κ3) is 3.44. The van der Waals surface area contributed by atoms with E-state index < -0.39 is 0 Å². The summed E-state index contributed by atoms with van der Waals surface area (Å²) in [6.07, 6.45) is 3.73. The molecule has 5 nitrogen and oxygen atoms in total. The second kappa shape index (κ2) is 6.02. The van der Waals surface area contributed by atoms with Crippen molar-refractivity contribution >= 4 is 11.7 Å². The van der Waals surface area contributed by atoms with Crippen LogP contribution in [0.1, 0.15) is 23.2 Å². The van der Waals surface area contributed by atoms with E-state index in [0.29, 0.717) is 17.3 Å². The van der Waals surface area contributed by atoms with Crippen molar-refractivity contribution in [2.75, 3.05) is 39.5 Å². The van der Waals surface area contributed by atoms with E-state index in [-0.39, 0.29) is 5.91 Å². The monoisotopic (exact) mass is 262 g/mol. The minimum atomic E-state index is 0.00824. The topological polar surface area (TPSA) is 62.5 Å². The summed E-state index contributed by atoms with van der Waals surface area (Å²) in [6.45, 7) is 2.72. The number of carbonyl (C=O) groups excluding carboxylic acids is 1. The molecule has 1 aromatic heterocycles. The van der Waals surface area contributed by atoms with Gasteiger partial charge in [-0.15, -0.1) is 0 Å². The van der Waals surface area contributed by atoms with Crippen molar-refractivity contribution in [3.05, 3.63) is 23.9 Å². The van der Waals surface area contributed by atoms with Crippen molar-refractivity contribution < 1.29 is 4.79 Å². The van der Waals surface area contributed by atoms with Gasteiger partial charge >= 0.3 is 0 Å². The molecule has 1 aromatic rings. The van der Waals surface area contributed by atoms with Gasteiger partial charge in [0.05, 0.1) is 5.56 Å². The van der Waals surface area contributed by atoms with Gasteiger partial charge in [-0.1, -0.05) is 0 Å². The molecule has 1 saturated heterocycles. The lowest BCUT2D eigenvalue weighted by atomic mass is 9.96. The van der Waals surface area contributed by atoms with E-state index in [1.54, 1.807) is 18.3 Å². The number of aromatic nitrogens is 1. The Labute approximate surface area is 114 Å². The number of piperidine rings is 1. The summed E-state index contributed by atoms with van der Waals surface area (Å²) < 4.78 is 0. The second-order valence-corrected chi connectivity index (χ2v) is 5.43. The molecule has 1 aliphatic heterocycles. The van der Waals surface area contributed by atoms with Crippen molar-refractivity contribution in [3.8, 4) is 0 Å². The molecule has 0 aromatic carbocycles. The first-order chi connectivity index (χ1) is 9.08. The number of anilines is 1. The van der Waals surface area contributed by atoms with Gasteiger partial charge in [-0.05, 0) is 45.0 Å². The molecule has 0 unspecified atom stereocenters. The number of nitrogens with two attached hydrogens (primary N) is 1. The Morgan fingerprint density at radius 1 is 1.47 bits per heavy atom. The molecule has 2 rings (SSSR count). The van der Waals surface area contributed by atoms with Crippen LogP contribution in [0.5, 0.6) is 0 Å². The van der Waals surface area contributed by atoms with Crippen molar-refractivity contribution in [1.82, 2.24) is 14.8 Å². The van der Waals surface area contributed by atoms with E-state index in [0.717, 1.165) is 32.5 Å². The zero-order valence-corrected chi connectivity index (χ0v) is 11.7. The smallest absolute Gasteiger partial charge is 0.257 e. The van der Waals surface area contributed by atoms with E-state index >= 15 is 0 Å². The predicted octanol–water partition coefficient (Wildman–Crippen LogP) is 1.08. The maximum atomic E-state index is 12.3. The average molecular weight is 262 g/mol. The Hall–Kier alpha value is -1.62. The Bertz CT molecular complexity index is 439. The Balaban J connectivity index is 1.95. The quantitative estimate of drug-likeness (QED) is 0.885. The highest BCUT2D eigenvalue weighted by Crippen LogP contribution is 2.20. The maximum Gasteiger partial charge on any atom is 0.257 e. The molecule has 0 bridgehead atoms. The first-order valence-electron chi connectivity index (χ1n) is 6.72. The molecule has 0 spiro atoms. The third-order valence-corrected chi connectivity index (χ3v) is 3.59. The third-order valence-electron chi connectivity index (χ3n) is 3.59. The van der Waals surface area contributed by atoms with Gasteiger partial charge in [0.2, 0.25) is 0 Å². The summed E-state index contributed by atoms with van der Waals surface area (Å²) >= 11 is 0. The summed E-state index contributed by atoms with van der Waals surface area (Å²) in [5, 5.41) is 0. The second-order valence-electron chi connectivity index (χ2n) is 5.43. The van der Waals surface area contributed by atoms with Gasteiger partial charge in [-0.2, -0.15) is 0 Å². The summed E-state index contributed by atoms with van der Waals surface area (Å²) in [4.78, 5) is 20.4. The summed E-state index contributed by atoms with van der Waals surface area (Å²) in [6, 6.07) is 3.50. The zero-order chi connectivity index (χ0) is 13.8. The molecule has 2 heterocycles. The molecule has 0 saturated carbocycles. The van der Waals surface area contributed by atoms with Crippen LogP contribution in [-0.4, -0.2) is 54.4 Å². The Morgan fingerprint density at radius 2 is 2.16 bits per heavy atom. The number of nitrogens with zero attached hydrogens (tertiary/aromatic N) is 3. The number of hydrogen-bond donors (Lipinski definition) is 1. The first-order valence-corrected chi connectivity index (χ1v) is 6.72. The number of pyridine rings is 1. The molecule has 1 fully saturated rings. The van der Waals surface area contributed by atoms with Crippen LogP contribution in [0, 0.1) is 5.92 Å². The van der Waals surface area contributed by atoms with E-state index in [1.807, 2.05) is 4.90 Å². The van der Waals surface area contributed by atoms with Crippen molar-refractivity contribution in [1.29, 1.82) is 0 Å². The van der Waals surface area contributed by atoms with Crippen LogP contribution in [0.15, 0.2) is 18.3 Å². The van der Waals surface area contributed by atoms with E-state index in [4.69, 9.17) is 5.73 Å². The van der Waals surface area contributed by atoms with Crippen molar-refractivity contribution in [3.63, 3.8) is 0 Å². The number of nitrogen functional groups attached to an aromatic ring is 1. The van der Waals surface area contributed by atoms with Crippen molar-refractivity contribution in [2.45, 2.75) is 12.8 Å². The minimum absolute atomic E-state index is 0.00824. The fourth-order valence-electron chi connectivity index (χ4n) is 2.60. The lowest BCUT2D eigenvalue weighted by Gasteiger charge is -2.33. The molecule has 1 aliphatic rings. The summed E-state index contributed by atoms with van der Waals surface area (Å²) in [5.41, 5.74) is 6.28. The number of rotatable bonds is 3. The van der Waals surface area contributed by atoms with Crippen LogP contribution >= 0.6 is 0 Å².